The predicted molar refractivity (Wildman–Crippen MR) is 71.2 cm³/mol. The highest BCUT2D eigenvalue weighted by Crippen LogP contribution is 2.29. The first kappa shape index (κ1) is 10.9. The minimum atomic E-state index is 0.0423. The van der Waals surface area contributed by atoms with Crippen molar-refractivity contribution >= 4 is 33.6 Å². The summed E-state index contributed by atoms with van der Waals surface area (Å²) in [6.07, 6.45) is 1.09. The molecule has 88 valence electrons. The fourth-order valence-electron chi connectivity index (χ4n) is 1.98. The Bertz CT molecular complexity index is 558. The van der Waals surface area contributed by atoms with Gasteiger partial charge in [0.2, 0.25) is 0 Å². The number of fused-ring (bicyclic) bond motifs is 1. The molecule has 1 aliphatic heterocycles. The van der Waals surface area contributed by atoms with Gasteiger partial charge in [0.1, 0.15) is 5.69 Å². The molecule has 1 aliphatic rings. The number of carbonyl (C=O) groups excluding carboxylic acids is 1. The number of hydrogen-bond donors (Lipinski definition) is 0. The van der Waals surface area contributed by atoms with E-state index in [1.165, 1.54) is 10.4 Å². The molecule has 0 bridgehead atoms. The molecule has 0 fully saturated rings. The average Bonchev–Trinajstić information content (AvgIpc) is 2.97. The van der Waals surface area contributed by atoms with Crippen molar-refractivity contribution in [2.45, 2.75) is 19.9 Å². The third-order valence-electron chi connectivity index (χ3n) is 2.93. The fraction of sp³-hybridized carbons (Fsp3) is 0.333. The van der Waals surface area contributed by atoms with Crippen LogP contribution in [0.1, 0.15) is 27.9 Å². The zero-order valence-electron chi connectivity index (χ0n) is 9.47. The van der Waals surface area contributed by atoms with Crippen molar-refractivity contribution in [1.82, 2.24) is 4.98 Å². The van der Waals surface area contributed by atoms with Gasteiger partial charge in [-0.2, -0.15) is 0 Å². The number of rotatable bonds is 2. The second-order valence-electron chi connectivity index (χ2n) is 4.11. The summed E-state index contributed by atoms with van der Waals surface area (Å²) < 4.78 is 0. The van der Waals surface area contributed by atoms with Gasteiger partial charge in [0.15, 0.2) is 10.9 Å². The molecule has 0 aliphatic carbocycles. The van der Waals surface area contributed by atoms with Crippen molar-refractivity contribution in [3.63, 3.8) is 0 Å². The number of aromatic nitrogens is 1. The molecule has 2 aromatic rings. The Morgan fingerprint density at radius 1 is 1.47 bits per heavy atom. The van der Waals surface area contributed by atoms with Crippen molar-refractivity contribution < 1.29 is 4.79 Å². The molecule has 0 aromatic carbocycles. The van der Waals surface area contributed by atoms with Crippen molar-refractivity contribution in [3.05, 3.63) is 33.0 Å². The third kappa shape index (κ3) is 2.00. The number of Topliss-reactive ketones (excluding diaryl/α,β-unsaturated/α-hetero) is 1. The van der Waals surface area contributed by atoms with Crippen molar-refractivity contribution in [3.8, 4) is 0 Å². The minimum Gasteiger partial charge on any atom is -0.343 e. The fourth-order valence-corrected chi connectivity index (χ4v) is 3.76. The van der Waals surface area contributed by atoms with Gasteiger partial charge in [-0.25, -0.2) is 4.98 Å². The molecule has 0 saturated carbocycles. The van der Waals surface area contributed by atoms with Gasteiger partial charge in [0.05, 0.1) is 0 Å². The third-order valence-corrected chi connectivity index (χ3v) is 4.86. The maximum Gasteiger partial charge on any atom is 0.186 e. The number of thiazole rings is 1. The molecule has 5 heteroatoms. The van der Waals surface area contributed by atoms with Crippen LogP contribution in [-0.4, -0.2) is 17.3 Å². The van der Waals surface area contributed by atoms with E-state index >= 15 is 0 Å². The van der Waals surface area contributed by atoms with Gasteiger partial charge in [-0.3, -0.25) is 4.79 Å². The molecule has 17 heavy (non-hydrogen) atoms. The second-order valence-corrected chi connectivity index (χ2v) is 5.95. The van der Waals surface area contributed by atoms with Crippen LogP contribution in [0, 0.1) is 0 Å². The Morgan fingerprint density at radius 3 is 3.12 bits per heavy atom. The summed E-state index contributed by atoms with van der Waals surface area (Å²) in [5.74, 6) is 0.0423. The van der Waals surface area contributed by atoms with E-state index in [0.29, 0.717) is 5.69 Å². The number of hydrogen-bond acceptors (Lipinski definition) is 5. The maximum atomic E-state index is 11.2. The van der Waals surface area contributed by atoms with E-state index in [9.17, 15) is 4.79 Å². The van der Waals surface area contributed by atoms with E-state index in [2.05, 4.69) is 21.3 Å². The van der Waals surface area contributed by atoms with Crippen LogP contribution < -0.4 is 4.90 Å². The van der Waals surface area contributed by atoms with Gasteiger partial charge < -0.3 is 4.90 Å². The zero-order valence-corrected chi connectivity index (χ0v) is 11.1. The summed E-state index contributed by atoms with van der Waals surface area (Å²) in [7, 11) is 0. The standard InChI is InChI=1S/C12H12N2OS2/c1-8(15)10-7-17-12(13-10)14-4-2-11-9(6-14)3-5-16-11/h3,5,7H,2,4,6H2,1H3. The molecular formula is C12H12N2OS2. The lowest BCUT2D eigenvalue weighted by molar-refractivity contribution is 0.101. The number of carbonyl (C=O) groups is 1. The minimum absolute atomic E-state index is 0.0423. The highest BCUT2D eigenvalue weighted by Gasteiger charge is 2.20. The molecule has 2 aromatic heterocycles. The Labute approximate surface area is 108 Å². The predicted octanol–water partition coefficient (Wildman–Crippen LogP) is 2.97. The van der Waals surface area contributed by atoms with Crippen molar-refractivity contribution in [2.75, 3.05) is 11.4 Å². The number of ketones is 1. The van der Waals surface area contributed by atoms with E-state index in [0.717, 1.165) is 24.6 Å². The monoisotopic (exact) mass is 264 g/mol. The maximum absolute atomic E-state index is 11.2. The van der Waals surface area contributed by atoms with Crippen LogP contribution in [0.2, 0.25) is 0 Å². The summed E-state index contributed by atoms with van der Waals surface area (Å²) in [5.41, 5.74) is 1.99. The highest BCUT2D eigenvalue weighted by molar-refractivity contribution is 7.14. The lowest BCUT2D eigenvalue weighted by Crippen LogP contribution is -2.29. The Balaban J connectivity index is 1.84. The van der Waals surface area contributed by atoms with E-state index < -0.39 is 0 Å². The second kappa shape index (κ2) is 4.23. The molecule has 0 amide bonds. The van der Waals surface area contributed by atoms with Crippen LogP contribution in [0.15, 0.2) is 16.8 Å². The summed E-state index contributed by atoms with van der Waals surface area (Å²) in [5, 5.41) is 4.96. The lowest BCUT2D eigenvalue weighted by atomic mass is 10.1. The quantitative estimate of drug-likeness (QED) is 0.782. The number of anilines is 1. The molecule has 0 saturated heterocycles. The number of nitrogens with zero attached hydrogens (tertiary/aromatic N) is 2. The molecule has 0 radical (unpaired) electrons. The topological polar surface area (TPSA) is 33.2 Å². The van der Waals surface area contributed by atoms with Crippen LogP contribution in [0.4, 0.5) is 5.13 Å². The van der Waals surface area contributed by atoms with E-state index in [-0.39, 0.29) is 5.78 Å². The van der Waals surface area contributed by atoms with Crippen LogP contribution in [0.5, 0.6) is 0 Å². The zero-order chi connectivity index (χ0) is 11.8. The summed E-state index contributed by atoms with van der Waals surface area (Å²) in [6, 6.07) is 2.19. The molecule has 0 spiro atoms. The highest BCUT2D eigenvalue weighted by atomic mass is 32.1. The van der Waals surface area contributed by atoms with E-state index in [1.54, 1.807) is 18.3 Å². The first-order valence-electron chi connectivity index (χ1n) is 5.50. The van der Waals surface area contributed by atoms with Gasteiger partial charge in [-0.05, 0) is 23.4 Å². The van der Waals surface area contributed by atoms with Crippen LogP contribution in [-0.2, 0) is 13.0 Å². The average molecular weight is 264 g/mol. The van der Waals surface area contributed by atoms with Gasteiger partial charge in [0.25, 0.3) is 0 Å². The Morgan fingerprint density at radius 2 is 2.35 bits per heavy atom. The van der Waals surface area contributed by atoms with E-state index in [1.807, 2.05) is 16.7 Å². The van der Waals surface area contributed by atoms with Crippen LogP contribution in [0.3, 0.4) is 0 Å². The van der Waals surface area contributed by atoms with Gasteiger partial charge in [0, 0.05) is 30.3 Å². The summed E-state index contributed by atoms with van der Waals surface area (Å²) in [6.45, 7) is 3.48. The largest absolute Gasteiger partial charge is 0.343 e. The molecule has 3 nitrogen and oxygen atoms in total. The Kier molecular flexibility index (Phi) is 2.72. The van der Waals surface area contributed by atoms with Crippen LogP contribution >= 0.6 is 22.7 Å². The molecule has 3 rings (SSSR count). The van der Waals surface area contributed by atoms with Gasteiger partial charge >= 0.3 is 0 Å². The first-order chi connectivity index (χ1) is 8.24. The Hall–Kier alpha value is -1.20. The normalized spacial score (nSPS) is 14.8. The molecule has 0 N–H and O–H groups in total. The SMILES string of the molecule is CC(=O)c1csc(N2CCc3sccc3C2)n1. The lowest BCUT2D eigenvalue weighted by Gasteiger charge is -2.26. The van der Waals surface area contributed by atoms with Gasteiger partial charge in [-0.1, -0.05) is 0 Å². The summed E-state index contributed by atoms with van der Waals surface area (Å²) >= 11 is 3.39. The van der Waals surface area contributed by atoms with Gasteiger partial charge in [-0.15, -0.1) is 22.7 Å². The summed E-state index contributed by atoms with van der Waals surface area (Å²) in [4.78, 5) is 19.4. The first-order valence-corrected chi connectivity index (χ1v) is 7.26. The molecular weight excluding hydrogens is 252 g/mol. The van der Waals surface area contributed by atoms with Crippen LogP contribution in [0.25, 0.3) is 0 Å². The van der Waals surface area contributed by atoms with Crippen molar-refractivity contribution in [2.24, 2.45) is 0 Å². The molecule has 0 atom stereocenters. The number of thiophene rings is 1. The smallest absolute Gasteiger partial charge is 0.186 e. The van der Waals surface area contributed by atoms with Crippen molar-refractivity contribution in [1.29, 1.82) is 0 Å². The molecule has 3 heterocycles. The molecule has 0 unspecified atom stereocenters. The van der Waals surface area contributed by atoms with E-state index in [4.69, 9.17) is 0 Å².